The van der Waals surface area contributed by atoms with Crippen LogP contribution in [0.3, 0.4) is 0 Å². The topological polar surface area (TPSA) is 82.0 Å². The predicted molar refractivity (Wildman–Crippen MR) is 122 cm³/mol. The summed E-state index contributed by atoms with van der Waals surface area (Å²) in [7, 11) is 0. The quantitative estimate of drug-likeness (QED) is 0.473. The van der Waals surface area contributed by atoms with Crippen molar-refractivity contribution in [3.8, 4) is 16.8 Å². The molecule has 4 aromatic rings. The normalized spacial score (nSPS) is 11.6. The maximum Gasteiger partial charge on any atom is 0.350 e. The Balaban J connectivity index is 2.07. The fraction of sp³-hybridized carbons (Fsp3) is 0.261. The molecule has 0 unspecified atom stereocenters. The van der Waals surface area contributed by atoms with Crippen LogP contribution in [0.5, 0.6) is 0 Å². The molecule has 0 aliphatic heterocycles. The Morgan fingerprint density at radius 1 is 1.12 bits per heavy atom. The van der Waals surface area contributed by atoms with Gasteiger partial charge in [0.2, 0.25) is 0 Å². The number of aliphatic hydroxyl groups excluding tert-OH is 1. The van der Waals surface area contributed by atoms with Gasteiger partial charge in [-0.25, -0.2) is 13.6 Å². The Morgan fingerprint density at radius 2 is 1.85 bits per heavy atom. The third-order valence-electron chi connectivity index (χ3n) is 5.48. The van der Waals surface area contributed by atoms with Crippen LogP contribution in [0.1, 0.15) is 32.6 Å². The second-order valence-electron chi connectivity index (χ2n) is 7.80. The van der Waals surface area contributed by atoms with Gasteiger partial charge in [0, 0.05) is 23.5 Å². The Labute approximate surface area is 192 Å². The Kier molecular flexibility index (Phi) is 5.94. The van der Waals surface area contributed by atoms with E-state index in [1.807, 2.05) is 0 Å². The first-order valence-corrected chi connectivity index (χ1v) is 10.7. The lowest BCUT2D eigenvalue weighted by Gasteiger charge is -2.18. The number of hydrogen-bond acceptors (Lipinski definition) is 4. The van der Waals surface area contributed by atoms with Gasteiger partial charge >= 0.3 is 5.69 Å². The Morgan fingerprint density at radius 3 is 2.42 bits per heavy atom. The number of rotatable bonds is 5. The third kappa shape index (κ3) is 3.67. The van der Waals surface area contributed by atoms with Crippen LogP contribution in [-0.4, -0.2) is 24.0 Å². The second kappa shape index (κ2) is 8.57. The number of benzene rings is 2. The van der Waals surface area contributed by atoms with Crippen LogP contribution in [-0.2, 0) is 13.2 Å². The summed E-state index contributed by atoms with van der Waals surface area (Å²) in [5.74, 6) is -1.35. The molecule has 0 bridgehead atoms. The standard InChI is InChI=1S/C23H21ClF2N4O3/c1-4-28-20(11-31)27-30(23(28)33)19-10-18-13(9-17(19)26)8-14(22(32)29(18)12(2)3)21-15(24)6-5-7-16(21)25/h5-10,12,31H,4,11H2,1-3H3. The summed E-state index contributed by atoms with van der Waals surface area (Å²) in [6, 6.07) is 7.64. The molecule has 7 nitrogen and oxygen atoms in total. The number of aromatic nitrogens is 4. The summed E-state index contributed by atoms with van der Waals surface area (Å²) in [4.78, 5) is 26.1. The molecule has 1 N–H and O–H groups in total. The lowest BCUT2D eigenvalue weighted by Crippen LogP contribution is -2.26. The molecule has 0 atom stereocenters. The van der Waals surface area contributed by atoms with Crippen LogP contribution in [0.4, 0.5) is 8.78 Å². The van der Waals surface area contributed by atoms with Gasteiger partial charge in [0.1, 0.15) is 23.9 Å². The molecule has 0 spiro atoms. The minimum atomic E-state index is -0.769. The summed E-state index contributed by atoms with van der Waals surface area (Å²) in [5, 5.41) is 13.9. The van der Waals surface area contributed by atoms with Gasteiger partial charge in [-0.2, -0.15) is 4.68 Å². The van der Waals surface area contributed by atoms with Gasteiger partial charge < -0.3 is 9.67 Å². The van der Waals surface area contributed by atoms with Crippen LogP contribution < -0.4 is 11.2 Å². The van der Waals surface area contributed by atoms with Gasteiger partial charge in [-0.3, -0.25) is 9.36 Å². The summed E-state index contributed by atoms with van der Waals surface area (Å²) >= 11 is 6.19. The summed E-state index contributed by atoms with van der Waals surface area (Å²) in [6.45, 7) is 4.98. The monoisotopic (exact) mass is 474 g/mol. The van der Waals surface area contributed by atoms with Crippen molar-refractivity contribution in [3.05, 3.63) is 79.7 Å². The fourth-order valence-electron chi connectivity index (χ4n) is 3.98. The van der Waals surface area contributed by atoms with Crippen molar-refractivity contribution in [1.29, 1.82) is 0 Å². The highest BCUT2D eigenvalue weighted by Crippen LogP contribution is 2.32. The highest BCUT2D eigenvalue weighted by atomic mass is 35.5. The van der Waals surface area contributed by atoms with Crippen molar-refractivity contribution in [3.63, 3.8) is 0 Å². The molecule has 0 radical (unpaired) electrons. The number of hydrogen-bond donors (Lipinski definition) is 1. The van der Waals surface area contributed by atoms with E-state index < -0.39 is 29.5 Å². The lowest BCUT2D eigenvalue weighted by molar-refractivity contribution is 0.264. The van der Waals surface area contributed by atoms with Gasteiger partial charge in [-0.1, -0.05) is 17.7 Å². The fourth-order valence-corrected chi connectivity index (χ4v) is 4.25. The van der Waals surface area contributed by atoms with E-state index in [1.165, 1.54) is 39.5 Å². The van der Waals surface area contributed by atoms with Gasteiger partial charge in [-0.15, -0.1) is 5.10 Å². The number of pyridine rings is 1. The molecule has 2 aromatic heterocycles. The molecule has 172 valence electrons. The minimum Gasteiger partial charge on any atom is -0.388 e. The van der Waals surface area contributed by atoms with E-state index in [1.54, 1.807) is 20.8 Å². The van der Waals surface area contributed by atoms with E-state index in [-0.39, 0.29) is 40.2 Å². The zero-order valence-electron chi connectivity index (χ0n) is 18.1. The highest BCUT2D eigenvalue weighted by molar-refractivity contribution is 6.33. The molecule has 0 aliphatic rings. The number of nitrogens with zero attached hydrogens (tertiary/aromatic N) is 4. The smallest absolute Gasteiger partial charge is 0.350 e. The molecule has 2 aromatic carbocycles. The molecule has 0 saturated carbocycles. The van der Waals surface area contributed by atoms with E-state index in [2.05, 4.69) is 5.10 Å². The average Bonchev–Trinajstić information content (AvgIpc) is 3.08. The summed E-state index contributed by atoms with van der Waals surface area (Å²) < 4.78 is 33.3. The molecular formula is C23H21ClF2N4O3. The molecule has 0 aliphatic carbocycles. The van der Waals surface area contributed by atoms with E-state index in [0.29, 0.717) is 10.9 Å². The maximum atomic E-state index is 15.2. The molecule has 33 heavy (non-hydrogen) atoms. The Hall–Kier alpha value is -3.30. The van der Waals surface area contributed by atoms with E-state index in [0.717, 1.165) is 10.7 Å². The molecule has 4 rings (SSSR count). The number of aliphatic hydroxyl groups is 1. The van der Waals surface area contributed by atoms with E-state index in [9.17, 15) is 19.1 Å². The first kappa shape index (κ1) is 22.9. The van der Waals surface area contributed by atoms with Crippen molar-refractivity contribution >= 4 is 22.5 Å². The molecule has 2 heterocycles. The van der Waals surface area contributed by atoms with Crippen molar-refractivity contribution < 1.29 is 13.9 Å². The zero-order chi connectivity index (χ0) is 24.0. The van der Waals surface area contributed by atoms with Crippen LogP contribution in [0.25, 0.3) is 27.7 Å². The Bertz CT molecular complexity index is 1480. The van der Waals surface area contributed by atoms with Gasteiger partial charge in [0.15, 0.2) is 5.82 Å². The SMILES string of the molecule is CCn1c(CO)nn(-c2cc3c(cc2F)cc(-c2c(F)cccc2Cl)c(=O)n3C(C)C)c1=O. The third-order valence-corrected chi connectivity index (χ3v) is 5.79. The van der Waals surface area contributed by atoms with Crippen molar-refractivity contribution in [1.82, 2.24) is 18.9 Å². The first-order valence-electron chi connectivity index (χ1n) is 10.3. The molecule has 0 amide bonds. The second-order valence-corrected chi connectivity index (χ2v) is 8.21. The number of fused-ring (bicyclic) bond motifs is 1. The van der Waals surface area contributed by atoms with Gasteiger partial charge in [-0.05, 0) is 51.1 Å². The summed E-state index contributed by atoms with van der Waals surface area (Å²) in [5.41, 5.74) is -1.01. The lowest BCUT2D eigenvalue weighted by atomic mass is 10.0. The van der Waals surface area contributed by atoms with Crippen molar-refractivity contribution in [2.45, 2.75) is 40.0 Å². The zero-order valence-corrected chi connectivity index (χ0v) is 18.9. The van der Waals surface area contributed by atoms with Gasteiger partial charge in [0.25, 0.3) is 5.56 Å². The van der Waals surface area contributed by atoms with E-state index >= 15 is 4.39 Å². The highest BCUT2D eigenvalue weighted by Gasteiger charge is 2.22. The van der Waals surface area contributed by atoms with Crippen LogP contribution in [0.2, 0.25) is 5.02 Å². The largest absolute Gasteiger partial charge is 0.388 e. The number of halogens is 3. The molecule has 0 fully saturated rings. The van der Waals surface area contributed by atoms with Crippen molar-refractivity contribution in [2.24, 2.45) is 0 Å². The first-order chi connectivity index (χ1) is 15.7. The van der Waals surface area contributed by atoms with Crippen molar-refractivity contribution in [2.75, 3.05) is 0 Å². The molecular weight excluding hydrogens is 454 g/mol. The summed E-state index contributed by atoms with van der Waals surface area (Å²) in [6.07, 6.45) is 0. The minimum absolute atomic E-state index is 0.00134. The molecule has 10 heteroatoms. The average molecular weight is 475 g/mol. The van der Waals surface area contributed by atoms with Crippen LogP contribution in [0.15, 0.2) is 46.0 Å². The predicted octanol–water partition coefficient (Wildman–Crippen LogP) is 4.04. The van der Waals surface area contributed by atoms with E-state index in [4.69, 9.17) is 11.6 Å². The van der Waals surface area contributed by atoms with Crippen LogP contribution in [0, 0.1) is 11.6 Å². The maximum absolute atomic E-state index is 15.2. The molecule has 0 saturated heterocycles. The van der Waals surface area contributed by atoms with Crippen LogP contribution >= 0.6 is 11.6 Å². The van der Waals surface area contributed by atoms with Gasteiger partial charge in [0.05, 0.1) is 16.1 Å².